The maximum Gasteiger partial charge on any atom is 0.146 e. The highest BCUT2D eigenvalue weighted by Crippen LogP contribution is 2.18. The molecule has 0 radical (unpaired) electrons. The van der Waals surface area contributed by atoms with Gasteiger partial charge in [0.1, 0.15) is 18.2 Å². The van der Waals surface area contributed by atoms with Crippen molar-refractivity contribution in [3.05, 3.63) is 53.9 Å². The fourth-order valence-corrected chi connectivity index (χ4v) is 2.07. The fraction of sp³-hybridized carbons (Fsp3) is 0.188. The summed E-state index contributed by atoms with van der Waals surface area (Å²) < 4.78 is 5.72. The topological polar surface area (TPSA) is 49.9 Å². The van der Waals surface area contributed by atoms with Crippen molar-refractivity contribution < 1.29 is 4.74 Å². The van der Waals surface area contributed by atoms with E-state index in [0.29, 0.717) is 6.61 Å². The summed E-state index contributed by atoms with van der Waals surface area (Å²) in [7, 11) is 1.90. The molecule has 0 fully saturated rings. The van der Waals surface area contributed by atoms with Gasteiger partial charge in [-0.3, -0.25) is 0 Å². The summed E-state index contributed by atoms with van der Waals surface area (Å²) in [5.74, 6) is 1.68. The van der Waals surface area contributed by atoms with Gasteiger partial charge in [-0.15, -0.1) is 0 Å². The standard InChI is InChI=1S/C16H17N3O/c1-11-3-6-13(7-4-11)20-10-16-18-14-8-5-12(17-2)9-15(14)19-16/h3-9,17H,10H2,1-2H3,(H,18,19). The van der Waals surface area contributed by atoms with E-state index in [0.717, 1.165) is 28.3 Å². The molecule has 1 aromatic heterocycles. The molecular formula is C16H17N3O. The SMILES string of the molecule is CNc1ccc2nc(COc3ccc(C)cc3)[nH]c2c1. The number of fused-ring (bicyclic) bond motifs is 1. The van der Waals surface area contributed by atoms with E-state index >= 15 is 0 Å². The van der Waals surface area contributed by atoms with Gasteiger partial charge in [0.25, 0.3) is 0 Å². The molecule has 0 unspecified atom stereocenters. The van der Waals surface area contributed by atoms with Gasteiger partial charge in [-0.2, -0.15) is 0 Å². The van der Waals surface area contributed by atoms with Crippen LogP contribution in [0.1, 0.15) is 11.4 Å². The molecule has 0 aliphatic carbocycles. The van der Waals surface area contributed by atoms with Crippen LogP contribution in [0.3, 0.4) is 0 Å². The number of aryl methyl sites for hydroxylation is 1. The average Bonchev–Trinajstić information content (AvgIpc) is 2.88. The van der Waals surface area contributed by atoms with Crippen LogP contribution in [-0.4, -0.2) is 17.0 Å². The van der Waals surface area contributed by atoms with Gasteiger partial charge in [-0.1, -0.05) is 17.7 Å². The Labute approximate surface area is 117 Å². The second-order valence-corrected chi connectivity index (χ2v) is 4.77. The Kier molecular flexibility index (Phi) is 3.29. The van der Waals surface area contributed by atoms with Gasteiger partial charge >= 0.3 is 0 Å². The number of hydrogen-bond donors (Lipinski definition) is 2. The maximum atomic E-state index is 5.72. The van der Waals surface area contributed by atoms with Gasteiger partial charge in [0.15, 0.2) is 0 Å². The fourth-order valence-electron chi connectivity index (χ4n) is 2.07. The van der Waals surface area contributed by atoms with Gasteiger partial charge < -0.3 is 15.0 Å². The van der Waals surface area contributed by atoms with E-state index < -0.39 is 0 Å². The Morgan fingerprint density at radius 3 is 2.70 bits per heavy atom. The van der Waals surface area contributed by atoms with Gasteiger partial charge in [-0.25, -0.2) is 4.98 Å². The largest absolute Gasteiger partial charge is 0.486 e. The number of imidazole rings is 1. The normalized spacial score (nSPS) is 10.7. The molecule has 0 atom stereocenters. The minimum atomic E-state index is 0.437. The van der Waals surface area contributed by atoms with E-state index in [2.05, 4.69) is 22.2 Å². The monoisotopic (exact) mass is 267 g/mol. The van der Waals surface area contributed by atoms with Crippen molar-refractivity contribution in [3.63, 3.8) is 0 Å². The number of benzene rings is 2. The summed E-state index contributed by atoms with van der Waals surface area (Å²) in [5, 5.41) is 3.11. The van der Waals surface area contributed by atoms with E-state index in [9.17, 15) is 0 Å². The van der Waals surface area contributed by atoms with Crippen LogP contribution in [-0.2, 0) is 6.61 Å². The number of anilines is 1. The third-order valence-corrected chi connectivity index (χ3v) is 3.22. The molecule has 2 N–H and O–H groups in total. The number of aromatic amines is 1. The smallest absolute Gasteiger partial charge is 0.146 e. The first-order valence-corrected chi connectivity index (χ1v) is 6.60. The predicted octanol–water partition coefficient (Wildman–Crippen LogP) is 3.49. The highest BCUT2D eigenvalue weighted by molar-refractivity contribution is 5.79. The van der Waals surface area contributed by atoms with Crippen LogP contribution >= 0.6 is 0 Å². The zero-order chi connectivity index (χ0) is 13.9. The first-order valence-electron chi connectivity index (χ1n) is 6.60. The molecule has 2 aromatic carbocycles. The van der Waals surface area contributed by atoms with E-state index in [4.69, 9.17) is 4.74 Å². The Balaban J connectivity index is 1.75. The van der Waals surface area contributed by atoms with Crippen molar-refractivity contribution in [1.29, 1.82) is 0 Å². The van der Waals surface area contributed by atoms with Crippen LogP contribution in [0.5, 0.6) is 5.75 Å². The second-order valence-electron chi connectivity index (χ2n) is 4.77. The Morgan fingerprint density at radius 2 is 1.95 bits per heavy atom. The van der Waals surface area contributed by atoms with Gasteiger partial charge in [-0.05, 0) is 37.3 Å². The Hall–Kier alpha value is -2.49. The molecule has 0 aliphatic heterocycles. The number of aromatic nitrogens is 2. The van der Waals surface area contributed by atoms with Crippen molar-refractivity contribution in [2.75, 3.05) is 12.4 Å². The number of H-pyrrole nitrogens is 1. The Morgan fingerprint density at radius 1 is 1.15 bits per heavy atom. The lowest BCUT2D eigenvalue weighted by molar-refractivity contribution is 0.297. The molecule has 0 amide bonds. The molecule has 3 rings (SSSR count). The molecule has 1 heterocycles. The molecule has 3 aromatic rings. The van der Waals surface area contributed by atoms with Crippen LogP contribution < -0.4 is 10.1 Å². The number of nitrogens with zero attached hydrogens (tertiary/aromatic N) is 1. The van der Waals surface area contributed by atoms with Crippen LogP contribution in [0.2, 0.25) is 0 Å². The highest BCUT2D eigenvalue weighted by atomic mass is 16.5. The van der Waals surface area contributed by atoms with Crippen molar-refractivity contribution in [2.24, 2.45) is 0 Å². The molecule has 0 bridgehead atoms. The zero-order valence-electron chi connectivity index (χ0n) is 11.6. The van der Waals surface area contributed by atoms with Crippen LogP contribution in [0.15, 0.2) is 42.5 Å². The van der Waals surface area contributed by atoms with Gasteiger partial charge in [0, 0.05) is 12.7 Å². The number of nitrogens with one attached hydrogen (secondary N) is 2. The average molecular weight is 267 g/mol. The number of rotatable bonds is 4. The number of ether oxygens (including phenoxy) is 1. The van der Waals surface area contributed by atoms with Crippen molar-refractivity contribution in [3.8, 4) is 5.75 Å². The third kappa shape index (κ3) is 2.59. The molecule has 102 valence electrons. The predicted molar refractivity (Wildman–Crippen MR) is 81.2 cm³/mol. The third-order valence-electron chi connectivity index (χ3n) is 3.22. The van der Waals surface area contributed by atoms with Crippen LogP contribution in [0.4, 0.5) is 5.69 Å². The van der Waals surface area contributed by atoms with Crippen molar-refractivity contribution in [1.82, 2.24) is 9.97 Å². The number of hydrogen-bond acceptors (Lipinski definition) is 3. The lowest BCUT2D eigenvalue weighted by atomic mass is 10.2. The summed E-state index contributed by atoms with van der Waals surface area (Å²) in [6.45, 7) is 2.50. The minimum absolute atomic E-state index is 0.437. The summed E-state index contributed by atoms with van der Waals surface area (Å²) in [5.41, 5.74) is 4.25. The molecule has 4 nitrogen and oxygen atoms in total. The summed E-state index contributed by atoms with van der Waals surface area (Å²) in [6, 6.07) is 14.0. The summed E-state index contributed by atoms with van der Waals surface area (Å²) in [4.78, 5) is 7.79. The highest BCUT2D eigenvalue weighted by Gasteiger charge is 2.04. The van der Waals surface area contributed by atoms with E-state index in [1.165, 1.54) is 5.56 Å². The molecule has 0 spiro atoms. The summed E-state index contributed by atoms with van der Waals surface area (Å²) in [6.07, 6.45) is 0. The maximum absolute atomic E-state index is 5.72. The van der Waals surface area contributed by atoms with E-state index in [1.54, 1.807) is 0 Å². The quantitative estimate of drug-likeness (QED) is 0.760. The van der Waals surface area contributed by atoms with E-state index in [1.807, 2.05) is 49.5 Å². The summed E-state index contributed by atoms with van der Waals surface area (Å²) >= 11 is 0. The molecular weight excluding hydrogens is 250 g/mol. The molecule has 0 saturated heterocycles. The Bertz CT molecular complexity index is 716. The minimum Gasteiger partial charge on any atom is -0.486 e. The van der Waals surface area contributed by atoms with Crippen molar-refractivity contribution in [2.45, 2.75) is 13.5 Å². The molecule has 20 heavy (non-hydrogen) atoms. The molecule has 0 saturated carbocycles. The second kappa shape index (κ2) is 5.25. The first-order chi connectivity index (χ1) is 9.74. The van der Waals surface area contributed by atoms with Gasteiger partial charge in [0.05, 0.1) is 11.0 Å². The lowest BCUT2D eigenvalue weighted by Gasteiger charge is -2.03. The first kappa shape index (κ1) is 12.5. The zero-order valence-corrected chi connectivity index (χ0v) is 11.6. The van der Waals surface area contributed by atoms with Crippen molar-refractivity contribution >= 4 is 16.7 Å². The van der Waals surface area contributed by atoms with E-state index in [-0.39, 0.29) is 0 Å². The lowest BCUT2D eigenvalue weighted by Crippen LogP contribution is -1.97. The molecule has 0 aliphatic rings. The molecule has 4 heteroatoms. The van der Waals surface area contributed by atoms with Crippen LogP contribution in [0.25, 0.3) is 11.0 Å². The van der Waals surface area contributed by atoms with Gasteiger partial charge in [0.2, 0.25) is 0 Å². The van der Waals surface area contributed by atoms with Crippen LogP contribution in [0, 0.1) is 6.92 Å².